The Kier molecular flexibility index (Phi) is 14.5. The summed E-state index contributed by atoms with van der Waals surface area (Å²) in [5, 5.41) is 39.1. The molecule has 0 spiro atoms. The highest BCUT2D eigenvalue weighted by atomic mass is 35.5. The van der Waals surface area contributed by atoms with E-state index in [0.29, 0.717) is 92.1 Å². The van der Waals surface area contributed by atoms with Crippen molar-refractivity contribution in [3.8, 4) is 46.0 Å². The van der Waals surface area contributed by atoms with E-state index in [0.717, 1.165) is 81.8 Å². The maximum Gasteiger partial charge on any atom is 0.349 e. The van der Waals surface area contributed by atoms with Gasteiger partial charge in [0, 0.05) is 71.6 Å². The lowest BCUT2D eigenvalue weighted by Gasteiger charge is -2.33. The lowest BCUT2D eigenvalue weighted by molar-refractivity contribution is 0.0245. The second-order valence-corrected chi connectivity index (χ2v) is 21.8. The molecule has 80 heavy (non-hydrogen) atoms. The zero-order valence-electron chi connectivity index (χ0n) is 42.3. The minimum atomic E-state index is -0.831. The number of ether oxygens (including phenoxy) is 2. The van der Waals surface area contributed by atoms with Gasteiger partial charge in [0.1, 0.15) is 35.0 Å². The highest BCUT2D eigenvalue weighted by Crippen LogP contribution is 2.59. The molecule has 4 fully saturated rings. The number of hydrogen-bond acceptors (Lipinski definition) is 16. The lowest BCUT2D eigenvalue weighted by Crippen LogP contribution is -2.37. The quantitative estimate of drug-likeness (QED) is 0.0968. The number of piperidine rings is 2. The fourth-order valence-corrected chi connectivity index (χ4v) is 12.1. The molecule has 2 saturated carbocycles. The first-order valence-electron chi connectivity index (χ1n) is 26.0. The Morgan fingerprint density at radius 2 is 1.15 bits per heavy atom. The number of aromatic nitrogens is 8. The Hall–Kier alpha value is -7.82. The van der Waals surface area contributed by atoms with Crippen molar-refractivity contribution in [3.05, 3.63) is 180 Å². The van der Waals surface area contributed by atoms with Crippen molar-refractivity contribution in [1.29, 1.82) is 10.5 Å². The average molecular weight is 1160 g/mol. The molecule has 2 aliphatic carbocycles. The molecule has 2 N–H and O–H groups in total. The normalized spacial score (nSPS) is 17.6. The number of anilines is 2. The summed E-state index contributed by atoms with van der Waals surface area (Å²) >= 11 is 28.1. The highest BCUT2D eigenvalue weighted by molar-refractivity contribution is 6.40. The summed E-state index contributed by atoms with van der Waals surface area (Å²) in [6.07, 6.45) is 5.43. The number of rotatable bonds is 15. The van der Waals surface area contributed by atoms with Gasteiger partial charge < -0.3 is 28.3 Å². The molecule has 406 valence electrons. The zero-order chi connectivity index (χ0) is 55.3. The number of H-pyrrole nitrogens is 2. The number of halogens is 4. The first kappa shape index (κ1) is 52.9. The van der Waals surface area contributed by atoms with E-state index in [2.05, 4.69) is 40.4 Å². The molecule has 6 heterocycles. The molecule has 12 rings (SSSR count). The number of benzene rings is 4. The molecule has 24 heteroatoms. The lowest BCUT2D eigenvalue weighted by atomic mass is 9.98. The largest absolute Gasteiger partial charge is 0.373 e. The molecule has 4 aliphatic rings. The number of nitriles is 2. The fourth-order valence-electron chi connectivity index (χ4n) is 10.8. The molecule has 2 atom stereocenters. The third kappa shape index (κ3) is 10.2. The van der Waals surface area contributed by atoms with Gasteiger partial charge in [-0.1, -0.05) is 68.8 Å². The topological polar surface area (TPSA) is 260 Å². The van der Waals surface area contributed by atoms with Crippen LogP contribution in [0.15, 0.2) is 107 Å². The highest BCUT2D eigenvalue weighted by Gasteiger charge is 2.47. The maximum absolute atomic E-state index is 12.7. The number of hydrogen-bond donors (Lipinski definition) is 2. The van der Waals surface area contributed by atoms with Crippen LogP contribution in [0.5, 0.6) is 0 Å². The number of nitrogens with one attached hydrogen (secondary N) is 2. The van der Waals surface area contributed by atoms with Gasteiger partial charge in [0.2, 0.25) is 11.4 Å². The Labute approximate surface area is 474 Å². The van der Waals surface area contributed by atoms with Crippen LogP contribution in [0.2, 0.25) is 20.1 Å². The van der Waals surface area contributed by atoms with E-state index in [1.165, 1.54) is 0 Å². The Bertz CT molecular complexity index is 4010. The molecular weight excluding hydrogens is 1110 g/mol. The van der Waals surface area contributed by atoms with Gasteiger partial charge in [0.15, 0.2) is 0 Å². The second kappa shape index (κ2) is 22.0. The van der Waals surface area contributed by atoms with Crippen LogP contribution < -0.4 is 32.3 Å². The molecule has 0 bridgehead atoms. The molecule has 4 aromatic heterocycles. The van der Waals surface area contributed by atoms with E-state index in [-0.39, 0.29) is 43.2 Å². The van der Waals surface area contributed by atoms with Gasteiger partial charge in [-0.2, -0.15) is 20.3 Å². The van der Waals surface area contributed by atoms with Crippen LogP contribution in [0, 0.1) is 22.7 Å². The van der Waals surface area contributed by atoms with Crippen LogP contribution in [-0.2, 0) is 22.7 Å². The standard InChI is InChI=1S/C56H46Cl4N12O8/c57-41-2-1-3-42(58)46(41)49-40(28-78-35-18-20-69(21-19-35)30-6-10-32(11-7-30)71-54(74)45(26-62)64-65-56(71)76)52(80-67-49)38-24-37(38)36-14-15-43(59)47(48(36)60)50-39(51(79-68-50)29-4-5-29)27-77-34-16-22-70(23-17-34)31-8-12-33(13-9-31)72-55(75)63-53(73)44(25-61)66-72/h1-3,6-15,29,34-35,37-38H,4-5,16-24,27-28H2,(H,65,76)(H,63,73,75). The summed E-state index contributed by atoms with van der Waals surface area (Å²) in [5.74, 6) is 1.49. The molecule has 0 amide bonds. The molecule has 8 aromatic rings. The van der Waals surface area contributed by atoms with E-state index in [9.17, 15) is 29.7 Å². The van der Waals surface area contributed by atoms with Crippen molar-refractivity contribution >= 4 is 57.8 Å². The Balaban J connectivity index is 0.728. The summed E-state index contributed by atoms with van der Waals surface area (Å²) in [6.45, 7) is 3.23. The third-order valence-corrected chi connectivity index (χ3v) is 16.7. The predicted octanol–water partition coefficient (Wildman–Crippen LogP) is 9.34. The molecule has 2 saturated heterocycles. The molecule has 4 aromatic carbocycles. The van der Waals surface area contributed by atoms with Crippen LogP contribution >= 0.6 is 46.4 Å². The van der Waals surface area contributed by atoms with Crippen LogP contribution in [0.3, 0.4) is 0 Å². The molecular formula is C56H46Cl4N12O8. The number of aromatic amines is 2. The van der Waals surface area contributed by atoms with Crippen molar-refractivity contribution < 1.29 is 18.5 Å². The minimum absolute atomic E-state index is 0.0506. The predicted molar refractivity (Wildman–Crippen MR) is 296 cm³/mol. The minimum Gasteiger partial charge on any atom is -0.373 e. The van der Waals surface area contributed by atoms with Gasteiger partial charge in [-0.3, -0.25) is 14.6 Å². The smallest absolute Gasteiger partial charge is 0.349 e. The zero-order valence-corrected chi connectivity index (χ0v) is 45.4. The van der Waals surface area contributed by atoms with E-state index in [1.807, 2.05) is 36.4 Å². The third-order valence-electron chi connectivity index (χ3n) is 15.3. The monoisotopic (exact) mass is 1150 g/mol. The summed E-state index contributed by atoms with van der Waals surface area (Å²) < 4.78 is 27.6. The van der Waals surface area contributed by atoms with Crippen LogP contribution in [0.4, 0.5) is 11.4 Å². The van der Waals surface area contributed by atoms with E-state index >= 15 is 0 Å². The molecule has 2 unspecified atom stereocenters. The van der Waals surface area contributed by atoms with Gasteiger partial charge in [-0.05, 0) is 123 Å². The van der Waals surface area contributed by atoms with Crippen molar-refractivity contribution in [2.75, 3.05) is 36.0 Å². The summed E-state index contributed by atoms with van der Waals surface area (Å²) in [4.78, 5) is 56.0. The first-order chi connectivity index (χ1) is 38.9. The second-order valence-electron chi connectivity index (χ2n) is 20.2. The van der Waals surface area contributed by atoms with Crippen molar-refractivity contribution in [2.45, 2.75) is 88.1 Å². The van der Waals surface area contributed by atoms with Gasteiger partial charge >= 0.3 is 11.4 Å². The average Bonchev–Trinajstić information content (AvgIpc) is 4.40. The SMILES string of the molecule is N#Cc1nn(-c2ccc(N3CCC(OCc4c(-c5c(Cl)ccc(C6CC6c6onc(-c7c(Cl)cccc7Cl)c6COC6CCN(c7ccc(-n8c(=O)[nH]nc(C#N)c8=O)cc7)CC6)c5Cl)noc4C4CC4)CC3)cc2)c(=O)[nH]c1=O. The van der Waals surface area contributed by atoms with E-state index in [1.54, 1.807) is 54.6 Å². The van der Waals surface area contributed by atoms with Gasteiger partial charge in [0.05, 0.1) is 56.9 Å². The van der Waals surface area contributed by atoms with E-state index in [4.69, 9.17) is 64.9 Å². The molecule has 0 radical (unpaired) electrons. The molecule has 2 aliphatic heterocycles. The Morgan fingerprint density at radius 1 is 0.613 bits per heavy atom. The number of nitrogens with zero attached hydrogens (tertiary/aromatic N) is 10. The van der Waals surface area contributed by atoms with Gasteiger partial charge in [0.25, 0.3) is 11.1 Å². The van der Waals surface area contributed by atoms with Gasteiger partial charge in [-0.15, -0.1) is 5.10 Å². The van der Waals surface area contributed by atoms with E-state index < -0.39 is 33.9 Å². The first-order valence-corrected chi connectivity index (χ1v) is 27.5. The molecule has 20 nitrogen and oxygen atoms in total. The van der Waals surface area contributed by atoms with Crippen molar-refractivity contribution in [2.24, 2.45) is 0 Å². The van der Waals surface area contributed by atoms with Gasteiger partial charge in [-0.25, -0.2) is 19.3 Å². The van der Waals surface area contributed by atoms with Crippen LogP contribution in [0.25, 0.3) is 33.9 Å². The van der Waals surface area contributed by atoms with Crippen molar-refractivity contribution in [3.63, 3.8) is 0 Å². The summed E-state index contributed by atoms with van der Waals surface area (Å²) in [5.41, 5.74) is 3.32. The maximum atomic E-state index is 12.7. The summed E-state index contributed by atoms with van der Waals surface area (Å²) in [6, 6.07) is 26.7. The van der Waals surface area contributed by atoms with Crippen molar-refractivity contribution in [1.82, 2.24) is 39.8 Å². The fraction of sp³-hybridized carbons (Fsp3) is 0.321. The van der Waals surface area contributed by atoms with Crippen LogP contribution in [0.1, 0.15) is 102 Å². The Morgan fingerprint density at radius 3 is 1.74 bits per heavy atom. The summed E-state index contributed by atoms with van der Waals surface area (Å²) in [7, 11) is 0. The van der Waals surface area contributed by atoms with Crippen LogP contribution in [-0.4, -0.2) is 78.2 Å².